The topological polar surface area (TPSA) is 55.1 Å². The summed E-state index contributed by atoms with van der Waals surface area (Å²) in [6.45, 7) is 2.96. The Morgan fingerprint density at radius 2 is 2.05 bits per heavy atom. The second-order valence-electron chi connectivity index (χ2n) is 4.73. The molecule has 3 aromatic rings. The third kappa shape index (κ3) is 2.67. The molecule has 0 amide bonds. The van der Waals surface area contributed by atoms with Gasteiger partial charge < -0.3 is 5.32 Å². The summed E-state index contributed by atoms with van der Waals surface area (Å²) in [6.07, 6.45) is 4.65. The van der Waals surface area contributed by atoms with Gasteiger partial charge in [0.1, 0.15) is 5.82 Å². The van der Waals surface area contributed by atoms with Gasteiger partial charge in [0.15, 0.2) is 5.65 Å². The summed E-state index contributed by atoms with van der Waals surface area (Å²) in [5.41, 5.74) is 1.94. The maximum atomic E-state index is 4.35. The van der Waals surface area contributed by atoms with Crippen LogP contribution in [0, 0.1) is 0 Å². The fourth-order valence-corrected chi connectivity index (χ4v) is 2.20. The maximum Gasteiger partial charge on any atom is 0.160 e. The van der Waals surface area contributed by atoms with Crippen LogP contribution in [0.15, 0.2) is 48.8 Å². The zero-order valence-corrected chi connectivity index (χ0v) is 11.4. The van der Waals surface area contributed by atoms with Crippen LogP contribution < -0.4 is 5.32 Å². The van der Waals surface area contributed by atoms with E-state index in [9.17, 15) is 0 Å². The summed E-state index contributed by atoms with van der Waals surface area (Å²) >= 11 is 0. The summed E-state index contributed by atoms with van der Waals surface area (Å²) in [7, 11) is 0. The molecule has 5 heteroatoms. The Bertz CT molecular complexity index is 677. The first-order valence-electron chi connectivity index (χ1n) is 6.77. The SMILES string of the molecule is CC(NCCc1nnc2ccccn12)c1ccccn1. The van der Waals surface area contributed by atoms with E-state index in [1.807, 2.05) is 53.2 Å². The second-order valence-corrected chi connectivity index (χ2v) is 4.73. The third-order valence-corrected chi connectivity index (χ3v) is 3.31. The van der Waals surface area contributed by atoms with Crippen LogP contribution in [0.3, 0.4) is 0 Å². The van der Waals surface area contributed by atoms with Gasteiger partial charge in [-0.2, -0.15) is 0 Å². The van der Waals surface area contributed by atoms with Crippen molar-refractivity contribution in [3.63, 3.8) is 0 Å². The molecule has 0 aliphatic heterocycles. The number of nitrogens with zero attached hydrogens (tertiary/aromatic N) is 4. The predicted octanol–water partition coefficient (Wildman–Crippen LogP) is 2.02. The van der Waals surface area contributed by atoms with Gasteiger partial charge in [-0.15, -0.1) is 10.2 Å². The zero-order chi connectivity index (χ0) is 13.8. The fourth-order valence-electron chi connectivity index (χ4n) is 2.20. The molecule has 102 valence electrons. The molecule has 0 saturated heterocycles. The molecular formula is C15H17N5. The van der Waals surface area contributed by atoms with Crippen LogP contribution in [-0.4, -0.2) is 26.1 Å². The molecule has 0 aliphatic rings. The highest BCUT2D eigenvalue weighted by Gasteiger charge is 2.07. The first kappa shape index (κ1) is 12.7. The van der Waals surface area contributed by atoms with E-state index in [-0.39, 0.29) is 6.04 Å². The van der Waals surface area contributed by atoms with E-state index in [0.29, 0.717) is 0 Å². The lowest BCUT2D eigenvalue weighted by Gasteiger charge is -2.12. The van der Waals surface area contributed by atoms with Crippen molar-refractivity contribution in [3.8, 4) is 0 Å². The highest BCUT2D eigenvalue weighted by molar-refractivity contribution is 5.37. The monoisotopic (exact) mass is 267 g/mol. The Kier molecular flexibility index (Phi) is 3.69. The number of fused-ring (bicyclic) bond motifs is 1. The number of hydrogen-bond acceptors (Lipinski definition) is 4. The van der Waals surface area contributed by atoms with Crippen LogP contribution >= 0.6 is 0 Å². The summed E-state index contributed by atoms with van der Waals surface area (Å²) in [4.78, 5) is 4.35. The van der Waals surface area contributed by atoms with E-state index in [1.54, 1.807) is 0 Å². The minimum atomic E-state index is 0.232. The number of hydrogen-bond donors (Lipinski definition) is 1. The number of rotatable bonds is 5. The lowest BCUT2D eigenvalue weighted by Crippen LogP contribution is -2.22. The largest absolute Gasteiger partial charge is 0.308 e. The number of pyridine rings is 2. The average molecular weight is 267 g/mol. The number of nitrogens with one attached hydrogen (secondary N) is 1. The van der Waals surface area contributed by atoms with Crippen molar-refractivity contribution in [2.24, 2.45) is 0 Å². The van der Waals surface area contributed by atoms with Gasteiger partial charge in [-0.1, -0.05) is 12.1 Å². The van der Waals surface area contributed by atoms with Gasteiger partial charge in [0.2, 0.25) is 0 Å². The van der Waals surface area contributed by atoms with E-state index in [0.717, 1.165) is 30.1 Å². The van der Waals surface area contributed by atoms with E-state index < -0.39 is 0 Å². The van der Waals surface area contributed by atoms with Gasteiger partial charge in [-0.05, 0) is 31.2 Å². The molecule has 0 aromatic carbocycles. The molecule has 5 nitrogen and oxygen atoms in total. The molecule has 0 spiro atoms. The molecule has 20 heavy (non-hydrogen) atoms. The molecule has 0 bridgehead atoms. The van der Waals surface area contributed by atoms with Crippen LogP contribution in [0.4, 0.5) is 0 Å². The van der Waals surface area contributed by atoms with Gasteiger partial charge >= 0.3 is 0 Å². The van der Waals surface area contributed by atoms with E-state index >= 15 is 0 Å². The molecule has 0 fully saturated rings. The standard InChI is InChI=1S/C15H17N5/c1-12(13-6-2-4-9-17-13)16-10-8-15-19-18-14-7-3-5-11-20(14)15/h2-7,9,11-12,16H,8,10H2,1H3. The Balaban J connectivity index is 1.60. The minimum Gasteiger partial charge on any atom is -0.308 e. The van der Waals surface area contributed by atoms with Crippen molar-refractivity contribution in [2.45, 2.75) is 19.4 Å². The van der Waals surface area contributed by atoms with Gasteiger partial charge in [0.05, 0.1) is 5.69 Å². The molecule has 3 heterocycles. The maximum absolute atomic E-state index is 4.35. The lowest BCUT2D eigenvalue weighted by molar-refractivity contribution is 0.557. The second kappa shape index (κ2) is 5.79. The molecule has 1 atom stereocenters. The molecular weight excluding hydrogens is 250 g/mol. The first-order chi connectivity index (χ1) is 9.84. The van der Waals surface area contributed by atoms with Crippen LogP contribution in [0.25, 0.3) is 5.65 Å². The van der Waals surface area contributed by atoms with Gasteiger partial charge in [-0.3, -0.25) is 9.38 Å². The first-order valence-corrected chi connectivity index (χ1v) is 6.77. The molecule has 1 N–H and O–H groups in total. The zero-order valence-electron chi connectivity index (χ0n) is 11.4. The highest BCUT2D eigenvalue weighted by Crippen LogP contribution is 2.08. The van der Waals surface area contributed by atoms with Crippen LogP contribution in [0.5, 0.6) is 0 Å². The van der Waals surface area contributed by atoms with E-state index in [2.05, 4.69) is 27.4 Å². The lowest BCUT2D eigenvalue weighted by atomic mass is 10.2. The third-order valence-electron chi connectivity index (χ3n) is 3.31. The van der Waals surface area contributed by atoms with Crippen LogP contribution in [0.1, 0.15) is 24.5 Å². The molecule has 1 unspecified atom stereocenters. The smallest absolute Gasteiger partial charge is 0.160 e. The average Bonchev–Trinajstić information content (AvgIpc) is 2.92. The van der Waals surface area contributed by atoms with Crippen LogP contribution in [0.2, 0.25) is 0 Å². The van der Waals surface area contributed by atoms with E-state index in [4.69, 9.17) is 0 Å². The summed E-state index contributed by atoms with van der Waals surface area (Å²) in [6, 6.07) is 12.1. The van der Waals surface area contributed by atoms with Crippen molar-refractivity contribution in [1.29, 1.82) is 0 Å². The van der Waals surface area contributed by atoms with Crippen molar-refractivity contribution < 1.29 is 0 Å². The van der Waals surface area contributed by atoms with Crippen molar-refractivity contribution in [2.75, 3.05) is 6.54 Å². The predicted molar refractivity (Wildman–Crippen MR) is 77.3 cm³/mol. The Morgan fingerprint density at radius 3 is 2.90 bits per heavy atom. The van der Waals surface area contributed by atoms with E-state index in [1.165, 1.54) is 0 Å². The Hall–Kier alpha value is -2.27. The van der Waals surface area contributed by atoms with Gasteiger partial charge in [-0.25, -0.2) is 0 Å². The normalized spacial score (nSPS) is 12.7. The van der Waals surface area contributed by atoms with Crippen molar-refractivity contribution in [3.05, 3.63) is 60.3 Å². The summed E-state index contributed by atoms with van der Waals surface area (Å²) in [5.74, 6) is 0.973. The summed E-state index contributed by atoms with van der Waals surface area (Å²) in [5, 5.41) is 11.8. The minimum absolute atomic E-state index is 0.232. The molecule has 3 aromatic heterocycles. The van der Waals surface area contributed by atoms with Crippen LogP contribution in [-0.2, 0) is 6.42 Å². The Morgan fingerprint density at radius 1 is 1.15 bits per heavy atom. The Labute approximate surface area is 117 Å². The van der Waals surface area contributed by atoms with Crippen molar-refractivity contribution in [1.82, 2.24) is 24.9 Å². The fraction of sp³-hybridized carbons (Fsp3) is 0.267. The molecule has 0 saturated carbocycles. The molecule has 0 radical (unpaired) electrons. The van der Waals surface area contributed by atoms with Gasteiger partial charge in [0.25, 0.3) is 0 Å². The molecule has 3 rings (SSSR count). The van der Waals surface area contributed by atoms with Crippen molar-refractivity contribution >= 4 is 5.65 Å². The summed E-state index contributed by atoms with van der Waals surface area (Å²) < 4.78 is 2.02. The number of aromatic nitrogens is 4. The van der Waals surface area contributed by atoms with Gasteiger partial charge in [0, 0.05) is 31.4 Å². The molecule has 0 aliphatic carbocycles. The quantitative estimate of drug-likeness (QED) is 0.768. The highest BCUT2D eigenvalue weighted by atomic mass is 15.2.